The summed E-state index contributed by atoms with van der Waals surface area (Å²) >= 11 is 0. The minimum atomic E-state index is -0.463. The normalized spacial score (nSPS) is 35.0. The summed E-state index contributed by atoms with van der Waals surface area (Å²) in [5.74, 6) is 1.08. The minimum Gasteiger partial charge on any atom is -0.342 e. The average Bonchev–Trinajstić information content (AvgIpc) is 3.03. The molecule has 3 fully saturated rings. The topological polar surface area (TPSA) is 70.2 Å². The maximum absolute atomic E-state index is 12.5. The van der Waals surface area contributed by atoms with Gasteiger partial charge in [0.1, 0.15) is 12.1 Å². The number of fused-ring (bicyclic) bond motifs is 1. The highest BCUT2D eigenvalue weighted by Gasteiger charge is 2.41. The molecular formula is C20H27N3O2. The molecule has 5 unspecified atom stereocenters. The molecule has 1 aromatic rings. The number of nitrogens with one attached hydrogen (secondary N) is 3. The lowest BCUT2D eigenvalue weighted by Gasteiger charge is -2.33. The molecule has 0 radical (unpaired) electrons. The highest BCUT2D eigenvalue weighted by atomic mass is 16.2. The fraction of sp³-hybridized carbons (Fsp3) is 0.600. The Labute approximate surface area is 148 Å². The Morgan fingerprint density at radius 3 is 2.48 bits per heavy atom. The summed E-state index contributed by atoms with van der Waals surface area (Å²) in [7, 11) is 0. The predicted molar refractivity (Wildman–Crippen MR) is 95.9 cm³/mol. The molecule has 3 aliphatic rings. The molecule has 2 saturated heterocycles. The Morgan fingerprint density at radius 1 is 0.920 bits per heavy atom. The van der Waals surface area contributed by atoms with Crippen LogP contribution in [0.1, 0.15) is 37.7 Å². The monoisotopic (exact) mass is 341 g/mol. The highest BCUT2D eigenvalue weighted by molar-refractivity contribution is 5.97. The Bertz CT molecular complexity index is 633. The van der Waals surface area contributed by atoms with Gasteiger partial charge in [-0.2, -0.15) is 0 Å². The van der Waals surface area contributed by atoms with Crippen LogP contribution in [0.3, 0.4) is 0 Å². The van der Waals surface area contributed by atoms with E-state index in [4.69, 9.17) is 0 Å². The van der Waals surface area contributed by atoms with Gasteiger partial charge < -0.3 is 16.0 Å². The van der Waals surface area contributed by atoms with Crippen LogP contribution in [0.25, 0.3) is 0 Å². The highest BCUT2D eigenvalue weighted by Crippen LogP contribution is 2.36. The first-order valence-corrected chi connectivity index (χ1v) is 9.59. The van der Waals surface area contributed by atoms with Gasteiger partial charge in [-0.25, -0.2) is 0 Å². The van der Waals surface area contributed by atoms with Gasteiger partial charge in [0.15, 0.2) is 0 Å². The van der Waals surface area contributed by atoms with Crippen LogP contribution < -0.4 is 16.0 Å². The van der Waals surface area contributed by atoms with Crippen LogP contribution in [-0.4, -0.2) is 36.5 Å². The van der Waals surface area contributed by atoms with Gasteiger partial charge in [-0.3, -0.25) is 9.59 Å². The van der Waals surface area contributed by atoms with Crippen molar-refractivity contribution < 1.29 is 9.59 Å². The number of rotatable bonds is 4. The molecule has 0 spiro atoms. The van der Waals surface area contributed by atoms with E-state index in [1.54, 1.807) is 0 Å². The standard InChI is InChI=1S/C20H27N3O2/c24-19-17(10-13-6-2-1-3-7-13)22-20(25)18(23-19)11-14-12-21-16-9-5-4-8-15(14)16/h1-3,6-7,14-18,21H,4-5,8-12H2,(H,22,25)(H,23,24). The third-order valence-corrected chi connectivity index (χ3v) is 6.15. The molecule has 1 aliphatic carbocycles. The summed E-state index contributed by atoms with van der Waals surface area (Å²) in [4.78, 5) is 25.0. The van der Waals surface area contributed by atoms with Crippen molar-refractivity contribution in [1.82, 2.24) is 16.0 Å². The van der Waals surface area contributed by atoms with Gasteiger partial charge in [0.25, 0.3) is 0 Å². The SMILES string of the molecule is O=C1NC(CC2CNC3CCCCC23)C(=O)NC1Cc1ccccc1. The van der Waals surface area contributed by atoms with Crippen molar-refractivity contribution in [1.29, 1.82) is 0 Å². The molecule has 1 aromatic carbocycles. The molecule has 2 heterocycles. The number of amides is 2. The van der Waals surface area contributed by atoms with E-state index in [-0.39, 0.29) is 17.9 Å². The lowest BCUT2D eigenvalue weighted by Crippen LogP contribution is -2.62. The molecular weight excluding hydrogens is 314 g/mol. The first kappa shape index (κ1) is 16.6. The first-order chi connectivity index (χ1) is 12.2. The maximum Gasteiger partial charge on any atom is 0.243 e. The number of hydrogen-bond donors (Lipinski definition) is 3. The maximum atomic E-state index is 12.5. The molecule has 5 atom stereocenters. The Kier molecular flexibility index (Phi) is 4.75. The number of benzene rings is 1. The smallest absolute Gasteiger partial charge is 0.243 e. The van der Waals surface area contributed by atoms with Crippen molar-refractivity contribution in [3.63, 3.8) is 0 Å². The van der Waals surface area contributed by atoms with Crippen molar-refractivity contribution in [3.8, 4) is 0 Å². The first-order valence-electron chi connectivity index (χ1n) is 9.59. The summed E-state index contributed by atoms with van der Waals surface area (Å²) in [5, 5.41) is 9.54. The van der Waals surface area contributed by atoms with Gasteiger partial charge in [0, 0.05) is 12.5 Å². The Hall–Kier alpha value is -1.88. The third-order valence-electron chi connectivity index (χ3n) is 6.15. The van der Waals surface area contributed by atoms with E-state index in [1.165, 1.54) is 25.7 Å². The second kappa shape index (κ2) is 7.16. The zero-order valence-electron chi connectivity index (χ0n) is 14.5. The second-order valence-corrected chi connectivity index (χ2v) is 7.77. The van der Waals surface area contributed by atoms with E-state index in [0.717, 1.165) is 18.5 Å². The zero-order chi connectivity index (χ0) is 17.2. The van der Waals surface area contributed by atoms with Gasteiger partial charge in [0.2, 0.25) is 11.8 Å². The molecule has 3 N–H and O–H groups in total. The fourth-order valence-electron chi connectivity index (χ4n) is 4.83. The van der Waals surface area contributed by atoms with Crippen molar-refractivity contribution in [3.05, 3.63) is 35.9 Å². The van der Waals surface area contributed by atoms with Crippen LogP contribution in [0.5, 0.6) is 0 Å². The average molecular weight is 341 g/mol. The summed E-state index contributed by atoms with van der Waals surface area (Å²) < 4.78 is 0. The van der Waals surface area contributed by atoms with E-state index >= 15 is 0 Å². The Morgan fingerprint density at radius 2 is 1.64 bits per heavy atom. The summed E-state index contributed by atoms with van der Waals surface area (Å²) in [5.41, 5.74) is 1.06. The van der Waals surface area contributed by atoms with Gasteiger partial charge in [-0.1, -0.05) is 43.2 Å². The van der Waals surface area contributed by atoms with Crippen LogP contribution >= 0.6 is 0 Å². The molecule has 2 aliphatic heterocycles. The van der Waals surface area contributed by atoms with Crippen LogP contribution in [0, 0.1) is 11.8 Å². The molecule has 2 amide bonds. The van der Waals surface area contributed by atoms with Crippen molar-refractivity contribution in [2.24, 2.45) is 11.8 Å². The fourth-order valence-corrected chi connectivity index (χ4v) is 4.83. The molecule has 25 heavy (non-hydrogen) atoms. The summed E-state index contributed by atoms with van der Waals surface area (Å²) in [6.45, 7) is 0.975. The van der Waals surface area contributed by atoms with E-state index in [9.17, 15) is 9.59 Å². The van der Waals surface area contributed by atoms with Gasteiger partial charge in [-0.05, 0) is 43.2 Å². The second-order valence-electron chi connectivity index (χ2n) is 7.77. The largest absolute Gasteiger partial charge is 0.342 e. The number of piperazine rings is 1. The molecule has 1 saturated carbocycles. The number of hydrogen-bond acceptors (Lipinski definition) is 3. The molecule has 5 heteroatoms. The van der Waals surface area contributed by atoms with Crippen molar-refractivity contribution in [2.45, 2.75) is 56.7 Å². The van der Waals surface area contributed by atoms with Crippen LogP contribution in [0.15, 0.2) is 30.3 Å². The number of carbonyl (C=O) groups is 2. The summed E-state index contributed by atoms with van der Waals surface area (Å²) in [6.07, 6.45) is 6.40. The minimum absolute atomic E-state index is 0.0280. The van der Waals surface area contributed by atoms with Crippen molar-refractivity contribution >= 4 is 11.8 Å². The van der Waals surface area contributed by atoms with Crippen LogP contribution in [0.2, 0.25) is 0 Å². The van der Waals surface area contributed by atoms with Gasteiger partial charge >= 0.3 is 0 Å². The van der Waals surface area contributed by atoms with Crippen molar-refractivity contribution in [2.75, 3.05) is 6.54 Å². The molecule has 134 valence electrons. The van der Waals surface area contributed by atoms with E-state index < -0.39 is 6.04 Å². The quantitative estimate of drug-likeness (QED) is 0.775. The number of carbonyl (C=O) groups excluding carboxylic acids is 2. The van der Waals surface area contributed by atoms with Crippen LogP contribution in [-0.2, 0) is 16.0 Å². The Balaban J connectivity index is 1.36. The van der Waals surface area contributed by atoms with E-state index in [0.29, 0.717) is 24.3 Å². The van der Waals surface area contributed by atoms with E-state index in [1.807, 2.05) is 30.3 Å². The molecule has 0 aromatic heterocycles. The van der Waals surface area contributed by atoms with Crippen LogP contribution in [0.4, 0.5) is 0 Å². The molecule has 0 bridgehead atoms. The molecule has 4 rings (SSSR count). The van der Waals surface area contributed by atoms with Gasteiger partial charge in [0.05, 0.1) is 0 Å². The van der Waals surface area contributed by atoms with Gasteiger partial charge in [-0.15, -0.1) is 0 Å². The van der Waals surface area contributed by atoms with E-state index in [2.05, 4.69) is 16.0 Å². The lowest BCUT2D eigenvalue weighted by atomic mass is 9.77. The third kappa shape index (κ3) is 3.56. The lowest BCUT2D eigenvalue weighted by molar-refractivity contribution is -0.137. The predicted octanol–water partition coefficient (Wildman–Crippen LogP) is 1.38. The zero-order valence-corrected chi connectivity index (χ0v) is 14.5. The summed E-state index contributed by atoms with van der Waals surface area (Å²) in [6, 6.07) is 9.60. The molecule has 5 nitrogen and oxygen atoms in total.